The van der Waals surface area contributed by atoms with Crippen molar-refractivity contribution in [3.05, 3.63) is 53.4 Å². The number of nitrogens with one attached hydrogen (secondary N) is 1. The van der Waals surface area contributed by atoms with Crippen LogP contribution < -0.4 is 9.46 Å². The van der Waals surface area contributed by atoms with Gasteiger partial charge < -0.3 is 9.84 Å². The molecule has 8 nitrogen and oxygen atoms in total. The van der Waals surface area contributed by atoms with Crippen LogP contribution in [0.1, 0.15) is 5.56 Å². The normalized spacial score (nSPS) is 11.1. The van der Waals surface area contributed by atoms with Gasteiger partial charge in [-0.3, -0.25) is 4.72 Å². The van der Waals surface area contributed by atoms with Gasteiger partial charge in [-0.2, -0.15) is 0 Å². The van der Waals surface area contributed by atoms with Gasteiger partial charge in [0.2, 0.25) is 0 Å². The fraction of sp³-hybridized carbons (Fsp3) is 0.118. The van der Waals surface area contributed by atoms with E-state index in [2.05, 4.69) is 14.3 Å². The Morgan fingerprint density at radius 2 is 1.96 bits per heavy atom. The Morgan fingerprint density at radius 3 is 2.56 bits per heavy atom. The second-order valence-corrected chi connectivity index (χ2v) is 7.87. The summed E-state index contributed by atoms with van der Waals surface area (Å²) in [5.41, 5.74) is 2.49. The predicted octanol–water partition coefficient (Wildman–Crippen LogP) is 2.78. The number of sulfonamides is 1. The minimum absolute atomic E-state index is 0.0513. The first kappa shape index (κ1) is 18.8. The molecule has 0 atom stereocenters. The van der Waals surface area contributed by atoms with E-state index >= 15 is 0 Å². The molecule has 1 aromatic heterocycles. The summed E-state index contributed by atoms with van der Waals surface area (Å²) in [7, 11) is -3.80. The highest BCUT2D eigenvalue weighted by Crippen LogP contribution is 2.25. The number of carboxylic acid groups (broad SMARTS) is 1. The summed E-state index contributed by atoms with van der Waals surface area (Å²) in [6.45, 7) is 1.15. The monoisotopic (exact) mass is 405 g/mol. The Morgan fingerprint density at radius 1 is 1.22 bits per heavy atom. The lowest BCUT2D eigenvalue weighted by Gasteiger charge is -2.11. The maximum absolute atomic E-state index is 12.6. The number of aliphatic carboxylic acids is 1. The molecule has 0 aliphatic heterocycles. The van der Waals surface area contributed by atoms with E-state index in [-0.39, 0.29) is 4.90 Å². The number of aryl methyl sites for hydroxylation is 1. The van der Waals surface area contributed by atoms with Gasteiger partial charge in [0.15, 0.2) is 6.61 Å². The van der Waals surface area contributed by atoms with Crippen molar-refractivity contribution in [2.45, 2.75) is 11.8 Å². The number of aromatic nitrogens is 2. The van der Waals surface area contributed by atoms with Crippen molar-refractivity contribution >= 4 is 33.2 Å². The number of anilines is 1. The molecule has 0 radical (unpaired) electrons. The maximum atomic E-state index is 12.6. The Kier molecular flexibility index (Phi) is 5.38. The molecule has 3 rings (SSSR count). The summed E-state index contributed by atoms with van der Waals surface area (Å²) in [5.74, 6) is -0.790. The average molecular weight is 405 g/mol. The van der Waals surface area contributed by atoms with Gasteiger partial charge in [0.25, 0.3) is 10.0 Å². The Labute approximate surface area is 159 Å². The SMILES string of the molecule is Cc1cc(S(=O)(=O)Nc2ccc(-c3csnn3)cc2)ccc1OCC(=O)O. The van der Waals surface area contributed by atoms with E-state index in [1.165, 1.54) is 29.7 Å². The van der Waals surface area contributed by atoms with Crippen LogP contribution in [0, 0.1) is 6.92 Å². The second kappa shape index (κ2) is 7.72. The maximum Gasteiger partial charge on any atom is 0.341 e. The third kappa shape index (κ3) is 4.60. The van der Waals surface area contributed by atoms with E-state index in [1.54, 1.807) is 36.6 Å². The number of benzene rings is 2. The van der Waals surface area contributed by atoms with Gasteiger partial charge >= 0.3 is 5.97 Å². The molecular formula is C17H15N3O5S2. The third-order valence-corrected chi connectivity index (χ3v) is 5.48. The van der Waals surface area contributed by atoms with Crippen molar-refractivity contribution < 1.29 is 23.1 Å². The number of carboxylic acids is 1. The summed E-state index contributed by atoms with van der Waals surface area (Å²) in [5, 5.41) is 14.4. The van der Waals surface area contributed by atoms with Crippen molar-refractivity contribution in [2.24, 2.45) is 0 Å². The van der Waals surface area contributed by atoms with Gasteiger partial charge in [-0.1, -0.05) is 16.6 Å². The topological polar surface area (TPSA) is 118 Å². The molecule has 3 aromatic rings. The minimum Gasteiger partial charge on any atom is -0.482 e. The average Bonchev–Trinajstić information content (AvgIpc) is 3.15. The quantitative estimate of drug-likeness (QED) is 0.620. The third-order valence-electron chi connectivity index (χ3n) is 3.60. The van der Waals surface area contributed by atoms with Crippen molar-refractivity contribution in [2.75, 3.05) is 11.3 Å². The van der Waals surface area contributed by atoms with Gasteiger partial charge in [-0.15, -0.1) is 5.10 Å². The number of ether oxygens (including phenoxy) is 1. The van der Waals surface area contributed by atoms with E-state index in [4.69, 9.17) is 9.84 Å². The van der Waals surface area contributed by atoms with Crippen LogP contribution in [0.5, 0.6) is 5.75 Å². The van der Waals surface area contributed by atoms with Crippen LogP contribution >= 0.6 is 11.5 Å². The predicted molar refractivity (Wildman–Crippen MR) is 100 cm³/mol. The van der Waals surface area contributed by atoms with Crippen molar-refractivity contribution in [3.63, 3.8) is 0 Å². The van der Waals surface area contributed by atoms with E-state index in [1.807, 2.05) is 0 Å². The molecule has 1 heterocycles. The molecule has 0 saturated carbocycles. The Bertz CT molecular complexity index is 1050. The number of nitrogens with zero attached hydrogens (tertiary/aromatic N) is 2. The second-order valence-electron chi connectivity index (χ2n) is 5.58. The van der Waals surface area contributed by atoms with Gasteiger partial charge in [-0.25, -0.2) is 13.2 Å². The smallest absolute Gasteiger partial charge is 0.341 e. The lowest BCUT2D eigenvalue weighted by Crippen LogP contribution is -2.14. The molecule has 2 N–H and O–H groups in total. The fourth-order valence-electron chi connectivity index (χ4n) is 2.30. The van der Waals surface area contributed by atoms with E-state index in [0.29, 0.717) is 17.0 Å². The van der Waals surface area contributed by atoms with E-state index in [9.17, 15) is 13.2 Å². The zero-order valence-electron chi connectivity index (χ0n) is 14.1. The highest BCUT2D eigenvalue weighted by molar-refractivity contribution is 7.92. The van der Waals surface area contributed by atoms with Crippen molar-refractivity contribution in [1.29, 1.82) is 0 Å². The molecule has 10 heteroatoms. The van der Waals surface area contributed by atoms with Crippen LogP contribution in [-0.2, 0) is 14.8 Å². The molecule has 2 aromatic carbocycles. The lowest BCUT2D eigenvalue weighted by atomic mass is 10.2. The zero-order valence-corrected chi connectivity index (χ0v) is 15.8. The largest absolute Gasteiger partial charge is 0.482 e. The molecule has 0 aliphatic rings. The van der Waals surface area contributed by atoms with Crippen LogP contribution in [0.2, 0.25) is 0 Å². The summed E-state index contributed by atoms with van der Waals surface area (Å²) in [6, 6.07) is 11.0. The molecule has 27 heavy (non-hydrogen) atoms. The van der Waals surface area contributed by atoms with E-state index < -0.39 is 22.6 Å². The first-order valence-electron chi connectivity index (χ1n) is 7.71. The van der Waals surface area contributed by atoms with Gasteiger partial charge in [0.05, 0.1) is 4.90 Å². The number of hydrogen-bond acceptors (Lipinski definition) is 7. The molecule has 0 aliphatic carbocycles. The van der Waals surface area contributed by atoms with Crippen LogP contribution in [-0.4, -0.2) is 35.7 Å². The highest BCUT2D eigenvalue weighted by atomic mass is 32.2. The van der Waals surface area contributed by atoms with Gasteiger partial charge in [-0.05, 0) is 54.4 Å². The molecule has 0 bridgehead atoms. The van der Waals surface area contributed by atoms with Crippen LogP contribution in [0.25, 0.3) is 11.3 Å². The van der Waals surface area contributed by atoms with Crippen molar-refractivity contribution in [1.82, 2.24) is 9.59 Å². The molecule has 140 valence electrons. The van der Waals surface area contributed by atoms with Gasteiger partial charge in [0.1, 0.15) is 11.4 Å². The molecule has 0 amide bonds. The minimum atomic E-state index is -3.80. The summed E-state index contributed by atoms with van der Waals surface area (Å²) >= 11 is 1.24. The first-order chi connectivity index (χ1) is 12.8. The Hall–Kier alpha value is -2.98. The highest BCUT2D eigenvalue weighted by Gasteiger charge is 2.16. The number of rotatable bonds is 7. The Balaban J connectivity index is 1.76. The number of hydrogen-bond donors (Lipinski definition) is 2. The van der Waals surface area contributed by atoms with Gasteiger partial charge in [0, 0.05) is 16.6 Å². The summed E-state index contributed by atoms with van der Waals surface area (Å²) in [6.07, 6.45) is 0. The van der Waals surface area contributed by atoms with Crippen LogP contribution in [0.15, 0.2) is 52.7 Å². The number of carbonyl (C=O) groups is 1. The zero-order chi connectivity index (χ0) is 19.4. The fourth-order valence-corrected chi connectivity index (χ4v) is 3.91. The van der Waals surface area contributed by atoms with E-state index in [0.717, 1.165) is 11.3 Å². The molecule has 0 unspecified atom stereocenters. The summed E-state index contributed by atoms with van der Waals surface area (Å²) in [4.78, 5) is 10.6. The van der Waals surface area contributed by atoms with Crippen LogP contribution in [0.3, 0.4) is 0 Å². The first-order valence-corrected chi connectivity index (χ1v) is 10.0. The standard InChI is InChI=1S/C17H15N3O5S2/c1-11-8-14(6-7-16(11)25-9-17(21)22)27(23,24)19-13-4-2-12(3-5-13)15-10-26-20-18-15/h2-8,10,19H,9H2,1H3,(H,21,22). The molecular weight excluding hydrogens is 390 g/mol. The molecule has 0 saturated heterocycles. The lowest BCUT2D eigenvalue weighted by molar-refractivity contribution is -0.139. The molecule has 0 fully saturated rings. The summed E-state index contributed by atoms with van der Waals surface area (Å²) < 4.78 is 36.6. The molecule has 0 spiro atoms. The van der Waals surface area contributed by atoms with Crippen molar-refractivity contribution in [3.8, 4) is 17.0 Å². The van der Waals surface area contributed by atoms with Crippen LogP contribution in [0.4, 0.5) is 5.69 Å².